The zero-order chi connectivity index (χ0) is 21.1. The number of hydrogen-bond acceptors (Lipinski definition) is 4. The molecule has 1 aromatic heterocycles. The molecule has 2 unspecified atom stereocenters. The molecule has 1 aromatic rings. The minimum absolute atomic E-state index is 0.0767. The molecule has 2 N–H and O–H groups in total. The van der Waals surface area contributed by atoms with Crippen LogP contribution in [0.1, 0.15) is 70.9 Å². The topological polar surface area (TPSA) is 79.3 Å². The molecule has 1 saturated heterocycles. The normalized spacial score (nSPS) is 45.1. The van der Waals surface area contributed by atoms with Gasteiger partial charge < -0.3 is 10.4 Å². The van der Waals surface area contributed by atoms with Crippen molar-refractivity contribution >= 4 is 23.0 Å². The first-order valence-electron chi connectivity index (χ1n) is 11.4. The van der Waals surface area contributed by atoms with Gasteiger partial charge in [-0.15, -0.1) is 0 Å². The van der Waals surface area contributed by atoms with E-state index in [4.69, 9.17) is 0 Å². The van der Waals surface area contributed by atoms with Crippen LogP contribution in [0.15, 0.2) is 24.4 Å². The Labute approximate surface area is 182 Å². The quantitative estimate of drug-likeness (QED) is 0.676. The summed E-state index contributed by atoms with van der Waals surface area (Å²) >= 11 is 1.11. The number of aromatic nitrogens is 1. The van der Waals surface area contributed by atoms with Gasteiger partial charge in [-0.2, -0.15) is 0 Å². The van der Waals surface area contributed by atoms with Crippen LogP contribution in [0.4, 0.5) is 4.79 Å². The third kappa shape index (κ3) is 2.71. The van der Waals surface area contributed by atoms with Crippen LogP contribution in [0.3, 0.4) is 0 Å². The number of hydrogen-bond donors (Lipinski definition) is 2. The third-order valence-corrected chi connectivity index (χ3v) is 11.0. The summed E-state index contributed by atoms with van der Waals surface area (Å²) in [6.07, 6.45) is 9.73. The summed E-state index contributed by atoms with van der Waals surface area (Å²) in [5, 5.41) is 12.4. The lowest BCUT2D eigenvalue weighted by atomic mass is 9.47. The number of nitrogens with zero attached hydrogens (tertiary/aromatic N) is 1. The molecule has 6 heteroatoms. The van der Waals surface area contributed by atoms with E-state index < -0.39 is 10.0 Å². The van der Waals surface area contributed by atoms with Crippen LogP contribution in [-0.2, 0) is 9.54 Å². The van der Waals surface area contributed by atoms with Crippen molar-refractivity contribution in [1.82, 2.24) is 10.3 Å². The Bertz CT molecular complexity index is 863. The molecule has 0 radical (unpaired) electrons. The van der Waals surface area contributed by atoms with E-state index in [1.165, 1.54) is 0 Å². The maximum absolute atomic E-state index is 12.0. The number of carboxylic acid groups (broad SMARTS) is 1. The molecule has 3 saturated carbocycles. The van der Waals surface area contributed by atoms with E-state index in [-0.39, 0.29) is 16.7 Å². The van der Waals surface area contributed by atoms with Gasteiger partial charge >= 0.3 is 5.30 Å². The highest BCUT2D eigenvalue weighted by Gasteiger charge is 2.66. The zero-order valence-electron chi connectivity index (χ0n) is 17.9. The number of pyridine rings is 1. The van der Waals surface area contributed by atoms with Crippen LogP contribution in [-0.4, -0.2) is 27.3 Å². The number of piperidine rings is 1. The van der Waals surface area contributed by atoms with Crippen LogP contribution in [0.25, 0.3) is 0 Å². The molecular weight excluding hydrogens is 396 g/mol. The fourth-order valence-corrected chi connectivity index (χ4v) is 9.32. The van der Waals surface area contributed by atoms with Crippen LogP contribution in [0.5, 0.6) is 0 Å². The zero-order valence-corrected chi connectivity index (χ0v) is 18.7. The monoisotopic (exact) mass is 428 g/mol. The Hall–Kier alpha value is -1.56. The Kier molecular flexibility index (Phi) is 4.73. The highest BCUT2D eigenvalue weighted by atomic mass is 32.2. The highest BCUT2D eigenvalue weighted by molar-refractivity contribution is 8.14. The summed E-state index contributed by atoms with van der Waals surface area (Å²) < 4.78 is -0.464. The Morgan fingerprint density at radius 2 is 1.93 bits per heavy atom. The number of carbonyl (C=O) groups is 2. The van der Waals surface area contributed by atoms with Crippen molar-refractivity contribution in [2.45, 2.75) is 76.0 Å². The molecule has 4 fully saturated rings. The van der Waals surface area contributed by atoms with E-state index in [1.807, 2.05) is 18.2 Å². The van der Waals surface area contributed by atoms with Crippen molar-refractivity contribution in [3.63, 3.8) is 0 Å². The Morgan fingerprint density at radius 1 is 1.13 bits per heavy atom. The van der Waals surface area contributed by atoms with E-state index in [1.54, 1.807) is 6.20 Å². The number of nitrogens with one attached hydrogen (secondary N) is 1. The van der Waals surface area contributed by atoms with Crippen LogP contribution in [0.2, 0.25) is 0 Å². The molecule has 0 aromatic carbocycles. The van der Waals surface area contributed by atoms with E-state index in [0.29, 0.717) is 30.2 Å². The van der Waals surface area contributed by atoms with Gasteiger partial charge in [-0.3, -0.25) is 9.78 Å². The second kappa shape index (κ2) is 6.98. The number of carbonyl (C=O) groups excluding carboxylic acids is 1. The molecule has 5 nitrogen and oxygen atoms in total. The first-order valence-corrected chi connectivity index (χ1v) is 12.2. The predicted octanol–water partition coefficient (Wildman–Crippen LogP) is 5.21. The van der Waals surface area contributed by atoms with E-state index in [0.717, 1.165) is 62.4 Å². The van der Waals surface area contributed by atoms with Crippen LogP contribution in [0, 0.1) is 28.6 Å². The third-order valence-electron chi connectivity index (χ3n) is 9.55. The average molecular weight is 429 g/mol. The average Bonchev–Trinajstić information content (AvgIpc) is 3.02. The Balaban J connectivity index is 1.52. The maximum atomic E-state index is 12.0. The van der Waals surface area contributed by atoms with Gasteiger partial charge in [0.15, 0.2) is 0 Å². The number of fused-ring (bicyclic) bond motifs is 5. The van der Waals surface area contributed by atoms with E-state index >= 15 is 0 Å². The fraction of sp³-hybridized carbons (Fsp3) is 0.708. The fourth-order valence-electron chi connectivity index (χ4n) is 8.09. The molecule has 0 bridgehead atoms. The SMILES string of the molecule is C[C@]12CCC(=O)NC1CC[C@@H]1[C@H]2CC[C@@]2(C)[C@H]1CCC2(SC(=O)O)c1ccccn1. The maximum Gasteiger partial charge on any atom is 0.365 e. The van der Waals surface area contributed by atoms with Gasteiger partial charge in [-0.1, -0.05) is 19.9 Å². The predicted molar refractivity (Wildman–Crippen MR) is 117 cm³/mol. The molecule has 2 heterocycles. The van der Waals surface area contributed by atoms with Crippen molar-refractivity contribution in [2.24, 2.45) is 28.6 Å². The minimum Gasteiger partial charge on any atom is -0.473 e. The van der Waals surface area contributed by atoms with E-state index in [9.17, 15) is 14.7 Å². The second-order valence-corrected chi connectivity index (χ2v) is 11.7. The summed E-state index contributed by atoms with van der Waals surface area (Å²) in [7, 11) is 0. The lowest BCUT2D eigenvalue weighted by Gasteiger charge is -2.61. The van der Waals surface area contributed by atoms with Crippen molar-refractivity contribution in [2.75, 3.05) is 0 Å². The molecule has 7 atom stereocenters. The minimum atomic E-state index is -0.796. The van der Waals surface area contributed by atoms with Crippen molar-refractivity contribution in [3.05, 3.63) is 30.1 Å². The second-order valence-electron chi connectivity index (χ2n) is 10.5. The highest BCUT2D eigenvalue weighted by Crippen LogP contribution is 2.72. The van der Waals surface area contributed by atoms with Gasteiger partial charge in [0.25, 0.3) is 0 Å². The van der Waals surface area contributed by atoms with Crippen LogP contribution < -0.4 is 5.32 Å². The van der Waals surface area contributed by atoms with Crippen molar-refractivity contribution < 1.29 is 14.7 Å². The lowest BCUT2D eigenvalue weighted by molar-refractivity contribution is -0.136. The van der Waals surface area contributed by atoms with Crippen molar-refractivity contribution in [3.8, 4) is 0 Å². The largest absolute Gasteiger partial charge is 0.473 e. The molecule has 4 aliphatic rings. The summed E-state index contributed by atoms with van der Waals surface area (Å²) in [4.78, 5) is 28.7. The molecular formula is C24H32N2O3S. The summed E-state index contributed by atoms with van der Waals surface area (Å²) in [6.45, 7) is 4.76. The molecule has 0 spiro atoms. The Morgan fingerprint density at radius 3 is 2.67 bits per heavy atom. The first-order chi connectivity index (χ1) is 14.3. The van der Waals surface area contributed by atoms with Gasteiger partial charge in [0.05, 0.1) is 10.4 Å². The van der Waals surface area contributed by atoms with Gasteiger partial charge in [0.2, 0.25) is 5.91 Å². The summed E-state index contributed by atoms with van der Waals surface area (Å²) in [5.74, 6) is 1.95. The van der Waals surface area contributed by atoms with Gasteiger partial charge in [0, 0.05) is 18.7 Å². The molecule has 1 amide bonds. The standard InChI is InChI=1S/C24H32N2O3S/c1-22-11-10-20(27)26-18(22)7-6-15-16(22)8-12-23(2)17(15)9-13-24(23,30-21(28)29)19-5-3-4-14-25-19/h3-5,14-18H,6-13H2,1-2H3,(H,26,27)(H,28,29)/t15-,16-,17+,18?,22-,23+,24?/m1/s1. The van der Waals surface area contributed by atoms with Crippen molar-refractivity contribution in [1.29, 1.82) is 0 Å². The lowest BCUT2D eigenvalue weighted by Crippen LogP contribution is -2.61. The smallest absolute Gasteiger partial charge is 0.365 e. The van der Waals surface area contributed by atoms with Gasteiger partial charge in [-0.25, -0.2) is 4.79 Å². The summed E-state index contributed by atoms with van der Waals surface area (Å²) in [5.41, 5.74) is 1.03. The molecule has 3 aliphatic carbocycles. The van der Waals surface area contributed by atoms with Gasteiger partial charge in [0.1, 0.15) is 0 Å². The first kappa shape index (κ1) is 20.3. The molecule has 5 rings (SSSR count). The number of amides is 1. The summed E-state index contributed by atoms with van der Waals surface area (Å²) in [6, 6.07) is 6.24. The molecule has 1 aliphatic heterocycles. The number of thioether (sulfide) groups is 1. The van der Waals surface area contributed by atoms with E-state index in [2.05, 4.69) is 24.1 Å². The molecule has 30 heavy (non-hydrogen) atoms. The van der Waals surface area contributed by atoms with Crippen LogP contribution >= 0.6 is 11.8 Å². The van der Waals surface area contributed by atoms with Gasteiger partial charge in [-0.05, 0) is 97.4 Å². The number of rotatable bonds is 2. The molecule has 162 valence electrons.